The minimum atomic E-state index is -0.517. The molecule has 0 N–H and O–H groups in total. The van der Waals surface area contributed by atoms with Gasteiger partial charge in [0.2, 0.25) is 5.75 Å². The molecule has 0 aromatic rings. The van der Waals surface area contributed by atoms with E-state index >= 15 is 0 Å². The van der Waals surface area contributed by atoms with Crippen LogP contribution in [-0.4, -0.2) is 42.4 Å². The topological polar surface area (TPSA) is 52.6 Å². The summed E-state index contributed by atoms with van der Waals surface area (Å²) in [4.78, 5) is 23.4. The number of carbonyl (C=O) groups excluding carboxylic acids is 2. The molecule has 0 spiro atoms. The molecular weight excluding hydrogens is 300 g/mol. The van der Waals surface area contributed by atoms with Crippen LogP contribution in [0.5, 0.6) is 0 Å². The monoisotopic (exact) mass is 333 g/mol. The molecule has 0 fully saturated rings. The van der Waals surface area contributed by atoms with Crippen LogP contribution in [-0.2, 0) is 30.0 Å². The van der Waals surface area contributed by atoms with Crippen LogP contribution in [0.15, 0.2) is 0 Å². The first-order chi connectivity index (χ1) is 10.3. The lowest BCUT2D eigenvalue weighted by molar-refractivity contribution is -0.157. The molecule has 22 heavy (non-hydrogen) atoms. The zero-order valence-electron chi connectivity index (χ0n) is 14.9. The number of esters is 2. The van der Waals surface area contributed by atoms with Crippen molar-refractivity contribution in [3.63, 3.8) is 0 Å². The van der Waals surface area contributed by atoms with Gasteiger partial charge in [0, 0.05) is 0 Å². The van der Waals surface area contributed by atoms with Crippen LogP contribution in [0.4, 0.5) is 0 Å². The molecule has 0 aliphatic carbocycles. The summed E-state index contributed by atoms with van der Waals surface area (Å²) in [6.45, 7) is 10.0. The number of unbranched alkanes of at least 4 members (excludes halogenated alkanes) is 2. The van der Waals surface area contributed by atoms with E-state index in [2.05, 4.69) is 13.8 Å². The van der Waals surface area contributed by atoms with Crippen LogP contribution in [0.2, 0.25) is 0 Å². The molecule has 0 atom stereocenters. The van der Waals surface area contributed by atoms with Gasteiger partial charge in [-0.15, -0.1) is 0 Å². The van der Waals surface area contributed by atoms with Gasteiger partial charge in [-0.1, -0.05) is 26.7 Å². The lowest BCUT2D eigenvalue weighted by atomic mass is 9.97. The summed E-state index contributed by atoms with van der Waals surface area (Å²) in [6, 6.07) is 0. The van der Waals surface area contributed by atoms with Crippen LogP contribution in [0, 0.1) is 5.41 Å². The molecule has 130 valence electrons. The summed E-state index contributed by atoms with van der Waals surface area (Å²) >= 11 is 0. The van der Waals surface area contributed by atoms with Gasteiger partial charge in [0.1, 0.15) is 24.7 Å². The first-order valence-corrected chi connectivity index (χ1v) is 10.0. The van der Waals surface area contributed by atoms with Gasteiger partial charge < -0.3 is 9.47 Å². The average molecular weight is 334 g/mol. The smallest absolute Gasteiger partial charge is 0.356 e. The molecule has 0 aliphatic heterocycles. The van der Waals surface area contributed by atoms with E-state index in [1.54, 1.807) is 20.8 Å². The van der Waals surface area contributed by atoms with Crippen LogP contribution in [0.1, 0.15) is 60.3 Å². The highest BCUT2D eigenvalue weighted by atomic mass is 32.2. The van der Waals surface area contributed by atoms with Gasteiger partial charge in [-0.3, -0.25) is 4.79 Å². The zero-order valence-corrected chi connectivity index (χ0v) is 15.7. The summed E-state index contributed by atoms with van der Waals surface area (Å²) in [5.41, 5.74) is -0.517. The van der Waals surface area contributed by atoms with E-state index in [0.29, 0.717) is 5.75 Å². The van der Waals surface area contributed by atoms with Crippen molar-refractivity contribution >= 4 is 22.8 Å². The summed E-state index contributed by atoms with van der Waals surface area (Å²) in [5.74, 6) is 2.30. The van der Waals surface area contributed by atoms with E-state index in [0.717, 1.165) is 24.3 Å². The molecule has 0 saturated carbocycles. The fourth-order valence-electron chi connectivity index (χ4n) is 1.66. The average Bonchev–Trinajstić information content (AvgIpc) is 2.45. The number of hydrogen-bond donors (Lipinski definition) is 0. The Morgan fingerprint density at radius 1 is 0.909 bits per heavy atom. The lowest BCUT2D eigenvalue weighted by Gasteiger charge is -2.16. The predicted octanol–water partition coefficient (Wildman–Crippen LogP) is 3.34. The van der Waals surface area contributed by atoms with Gasteiger partial charge in [0.15, 0.2) is 0 Å². The van der Waals surface area contributed by atoms with Crippen molar-refractivity contribution in [3.05, 3.63) is 0 Å². The van der Waals surface area contributed by atoms with Crippen LogP contribution >= 0.6 is 0 Å². The minimum absolute atomic E-state index is 0.135. The quantitative estimate of drug-likeness (QED) is 0.331. The molecule has 0 saturated heterocycles. The van der Waals surface area contributed by atoms with E-state index in [1.165, 1.54) is 12.8 Å². The Morgan fingerprint density at radius 2 is 1.41 bits per heavy atom. The summed E-state index contributed by atoms with van der Waals surface area (Å²) < 4.78 is 10.3. The van der Waals surface area contributed by atoms with Crippen molar-refractivity contribution in [2.24, 2.45) is 5.41 Å². The third-order valence-corrected chi connectivity index (χ3v) is 5.46. The highest BCUT2D eigenvalue weighted by molar-refractivity contribution is 7.97. The molecule has 0 unspecified atom stereocenters. The fourth-order valence-corrected chi connectivity index (χ4v) is 3.96. The maximum absolute atomic E-state index is 11.9. The molecule has 0 aliphatic rings. The number of hydrogen-bond acceptors (Lipinski definition) is 4. The Bertz CT molecular complexity index is 315. The molecule has 0 aromatic heterocycles. The van der Waals surface area contributed by atoms with Crippen molar-refractivity contribution in [2.75, 3.05) is 30.5 Å². The van der Waals surface area contributed by atoms with Crippen molar-refractivity contribution in [2.45, 2.75) is 60.3 Å². The van der Waals surface area contributed by atoms with E-state index in [9.17, 15) is 9.59 Å². The molecular formula is C17H33O4S+. The Kier molecular flexibility index (Phi) is 11.4. The highest BCUT2D eigenvalue weighted by Gasteiger charge is 2.24. The van der Waals surface area contributed by atoms with Gasteiger partial charge in [-0.2, -0.15) is 0 Å². The molecule has 0 radical (unpaired) electrons. The molecule has 0 bridgehead atoms. The molecule has 4 nitrogen and oxygen atoms in total. The maximum atomic E-state index is 11.9. The second kappa shape index (κ2) is 11.8. The van der Waals surface area contributed by atoms with E-state index in [-0.39, 0.29) is 36.0 Å². The van der Waals surface area contributed by atoms with Gasteiger partial charge in [0.05, 0.1) is 5.41 Å². The maximum Gasteiger partial charge on any atom is 0.356 e. The number of rotatable bonds is 11. The number of ether oxygens (including phenoxy) is 2. The molecule has 0 amide bonds. The predicted molar refractivity (Wildman–Crippen MR) is 93.2 cm³/mol. The van der Waals surface area contributed by atoms with Crippen molar-refractivity contribution in [3.8, 4) is 0 Å². The molecule has 0 heterocycles. The molecule has 0 aromatic carbocycles. The van der Waals surface area contributed by atoms with Crippen LogP contribution < -0.4 is 0 Å². The normalized spacial score (nSPS) is 11.5. The van der Waals surface area contributed by atoms with Crippen molar-refractivity contribution < 1.29 is 19.1 Å². The SMILES string of the molecule is CCCC[S+](CCCC)CC(=O)OCCOC(=O)C(C)(C)C. The second-order valence-electron chi connectivity index (χ2n) is 6.48. The highest BCUT2D eigenvalue weighted by Crippen LogP contribution is 2.14. The first kappa shape index (κ1) is 21.3. The standard InChI is InChI=1S/C17H33O4S/c1-6-8-12-22(13-9-7-2)14-15(18)20-10-11-21-16(19)17(3,4)5/h6-14H2,1-5H3/q+1. The van der Waals surface area contributed by atoms with Crippen molar-refractivity contribution in [1.29, 1.82) is 0 Å². The Balaban J connectivity index is 3.95. The van der Waals surface area contributed by atoms with Crippen molar-refractivity contribution in [1.82, 2.24) is 0 Å². The largest absolute Gasteiger partial charge is 0.462 e. The summed E-state index contributed by atoms with van der Waals surface area (Å²) in [6.07, 6.45) is 4.66. The Labute approximate surface area is 138 Å². The third kappa shape index (κ3) is 10.9. The molecule has 0 rings (SSSR count). The Morgan fingerprint density at radius 3 is 1.86 bits per heavy atom. The van der Waals surface area contributed by atoms with E-state index in [4.69, 9.17) is 9.47 Å². The third-order valence-electron chi connectivity index (χ3n) is 3.09. The van der Waals surface area contributed by atoms with Crippen LogP contribution in [0.3, 0.4) is 0 Å². The second-order valence-corrected chi connectivity index (χ2v) is 8.81. The fraction of sp³-hybridized carbons (Fsp3) is 0.882. The number of carbonyl (C=O) groups is 2. The first-order valence-electron chi connectivity index (χ1n) is 8.28. The van der Waals surface area contributed by atoms with Gasteiger partial charge in [-0.05, 0) is 44.5 Å². The van der Waals surface area contributed by atoms with Gasteiger partial charge in [-0.25, -0.2) is 4.79 Å². The zero-order chi connectivity index (χ0) is 17.0. The van der Waals surface area contributed by atoms with Gasteiger partial charge >= 0.3 is 11.9 Å². The van der Waals surface area contributed by atoms with E-state index in [1.807, 2.05) is 0 Å². The minimum Gasteiger partial charge on any atom is -0.462 e. The van der Waals surface area contributed by atoms with E-state index < -0.39 is 5.41 Å². The Hall–Kier alpha value is -0.710. The summed E-state index contributed by atoms with van der Waals surface area (Å²) in [5, 5.41) is 0. The van der Waals surface area contributed by atoms with Gasteiger partial charge in [0.25, 0.3) is 0 Å². The van der Waals surface area contributed by atoms with Crippen LogP contribution in [0.25, 0.3) is 0 Å². The molecule has 5 heteroatoms. The summed E-state index contributed by atoms with van der Waals surface area (Å²) in [7, 11) is 0.135. The lowest BCUT2D eigenvalue weighted by Crippen LogP contribution is -2.27.